The lowest BCUT2D eigenvalue weighted by Gasteiger charge is -2.37. The summed E-state index contributed by atoms with van der Waals surface area (Å²) in [6.45, 7) is 6.02. The minimum atomic E-state index is -5.05. The molecule has 2 aromatic rings. The summed E-state index contributed by atoms with van der Waals surface area (Å²) in [5.74, 6) is -4.80. The number of aromatic nitrogens is 2. The van der Waals surface area contributed by atoms with Crippen LogP contribution in [0.3, 0.4) is 0 Å². The molecule has 1 unspecified atom stereocenters. The predicted octanol–water partition coefficient (Wildman–Crippen LogP) is 4.19. The number of carbonyl (C=O) groups excluding carboxylic acids is 2. The number of rotatable bonds is 11. The second-order valence-electron chi connectivity index (χ2n) is 7.72. The van der Waals surface area contributed by atoms with Gasteiger partial charge in [0.15, 0.2) is 0 Å². The maximum Gasteiger partial charge on any atom is 0.369 e. The first-order valence-electron chi connectivity index (χ1n) is 11.4. The van der Waals surface area contributed by atoms with Crippen molar-refractivity contribution in [3.05, 3.63) is 22.7 Å². The number of aryl methyl sites for hydroxylation is 1. The molecule has 37 heavy (non-hydrogen) atoms. The molecule has 1 N–H and O–H groups in total. The smallest absolute Gasteiger partial charge is 0.369 e. The van der Waals surface area contributed by atoms with Crippen molar-refractivity contribution in [1.82, 2.24) is 10.2 Å². The van der Waals surface area contributed by atoms with Crippen molar-refractivity contribution < 1.29 is 36.3 Å². The molecule has 1 atom stereocenters. The number of alkyl halides is 2. The van der Waals surface area contributed by atoms with Crippen LogP contribution in [-0.4, -0.2) is 62.1 Å². The molecule has 0 bridgehead atoms. The van der Waals surface area contributed by atoms with Crippen LogP contribution in [-0.2, 0) is 30.7 Å². The minimum absolute atomic E-state index is 0.0292. The average Bonchev–Trinajstić information content (AvgIpc) is 3.32. The molecule has 2 heterocycles. The fourth-order valence-electron chi connectivity index (χ4n) is 3.69. The van der Waals surface area contributed by atoms with Crippen LogP contribution >= 0.6 is 11.3 Å². The van der Waals surface area contributed by atoms with Crippen molar-refractivity contribution in [2.45, 2.75) is 51.8 Å². The molecule has 0 spiro atoms. The Morgan fingerprint density at radius 3 is 2.57 bits per heavy atom. The molecule has 0 amide bonds. The third-order valence-electron chi connectivity index (χ3n) is 5.19. The number of fused-ring (bicyclic) bond motifs is 1. The van der Waals surface area contributed by atoms with Gasteiger partial charge in [0, 0.05) is 12.2 Å². The molecule has 202 valence electrons. The third kappa shape index (κ3) is 6.74. The van der Waals surface area contributed by atoms with E-state index in [4.69, 9.17) is 9.47 Å². The zero-order chi connectivity index (χ0) is 27.2. The van der Waals surface area contributed by atoms with E-state index in [1.54, 1.807) is 18.7 Å². The molecular formula is C21H26F2N6O6S2. The maximum absolute atomic E-state index is 13.2. The molecule has 3 rings (SSSR count). The van der Waals surface area contributed by atoms with Crippen LogP contribution in [0, 0.1) is 0 Å². The number of halogens is 2. The van der Waals surface area contributed by atoms with E-state index in [0.717, 1.165) is 11.3 Å². The summed E-state index contributed by atoms with van der Waals surface area (Å²) in [4.78, 5) is 26.1. The van der Waals surface area contributed by atoms with E-state index in [1.165, 1.54) is 12.1 Å². The van der Waals surface area contributed by atoms with Gasteiger partial charge in [0.2, 0.25) is 5.01 Å². The molecule has 0 fully saturated rings. The second-order valence-corrected chi connectivity index (χ2v) is 10.3. The largest absolute Gasteiger partial charge is 0.464 e. The van der Waals surface area contributed by atoms with E-state index in [2.05, 4.69) is 20.4 Å². The summed E-state index contributed by atoms with van der Waals surface area (Å²) in [5.41, 5.74) is 0.899. The van der Waals surface area contributed by atoms with E-state index in [0.29, 0.717) is 37.1 Å². The molecule has 12 nitrogen and oxygen atoms in total. The average molecular weight is 561 g/mol. The predicted molar refractivity (Wildman–Crippen MR) is 131 cm³/mol. The number of nitrogens with zero attached hydrogens (tertiary/aromatic N) is 5. The fourth-order valence-corrected chi connectivity index (χ4v) is 4.81. The second kappa shape index (κ2) is 12.3. The summed E-state index contributed by atoms with van der Waals surface area (Å²) in [7, 11) is -5.05. The van der Waals surface area contributed by atoms with Crippen molar-refractivity contribution in [3.63, 3.8) is 0 Å². The number of esters is 2. The number of benzene rings is 1. The molecule has 1 aromatic heterocycles. The molecule has 0 aliphatic carbocycles. The Morgan fingerprint density at radius 2 is 1.92 bits per heavy atom. The first-order valence-corrected chi connectivity index (χ1v) is 13.8. The molecule has 16 heteroatoms. The molecule has 0 radical (unpaired) electrons. The van der Waals surface area contributed by atoms with Crippen LogP contribution < -0.4 is 9.62 Å². The normalized spacial score (nSPS) is 15.6. The Labute approximate surface area is 216 Å². The van der Waals surface area contributed by atoms with Gasteiger partial charge in [-0.25, -0.2) is 18.0 Å². The maximum atomic E-state index is 13.2. The highest BCUT2D eigenvalue weighted by atomic mass is 32.2. The molecule has 0 saturated carbocycles. The monoisotopic (exact) mass is 560 g/mol. The van der Waals surface area contributed by atoms with E-state index in [9.17, 15) is 26.8 Å². The van der Waals surface area contributed by atoms with E-state index >= 15 is 0 Å². The van der Waals surface area contributed by atoms with Crippen molar-refractivity contribution >= 4 is 55.5 Å². The Hall–Kier alpha value is -3.27. The SMILES string of the molecule is CCCN1c2cc(NS(=O)(=O)C(F)F)c(N=Nc3nnc(C(=O)OCC)s3)cc2CCC1C(=O)OCC. The van der Waals surface area contributed by atoms with E-state index in [1.807, 2.05) is 11.6 Å². The zero-order valence-electron chi connectivity index (χ0n) is 20.3. The number of anilines is 2. The summed E-state index contributed by atoms with van der Waals surface area (Å²) < 4.78 is 62.3. The number of azo groups is 1. The van der Waals surface area contributed by atoms with Gasteiger partial charge in [-0.05, 0) is 50.8 Å². The molecule has 1 aliphatic heterocycles. The van der Waals surface area contributed by atoms with Crippen LogP contribution in [0.1, 0.15) is 49.0 Å². The highest BCUT2D eigenvalue weighted by Crippen LogP contribution is 2.40. The van der Waals surface area contributed by atoms with Crippen LogP contribution in [0.2, 0.25) is 0 Å². The van der Waals surface area contributed by atoms with Gasteiger partial charge in [-0.1, -0.05) is 18.3 Å². The fraction of sp³-hybridized carbons (Fsp3) is 0.524. The first kappa shape index (κ1) is 28.3. The van der Waals surface area contributed by atoms with Crippen LogP contribution in [0.4, 0.5) is 31.0 Å². The zero-order valence-corrected chi connectivity index (χ0v) is 21.9. The Morgan fingerprint density at radius 1 is 1.19 bits per heavy atom. The number of carbonyl (C=O) groups is 2. The van der Waals surface area contributed by atoms with Crippen molar-refractivity contribution in [2.24, 2.45) is 10.2 Å². The Balaban J connectivity index is 2.04. The van der Waals surface area contributed by atoms with Crippen LogP contribution in [0.25, 0.3) is 0 Å². The number of hydrogen-bond acceptors (Lipinski definition) is 12. The number of ether oxygens (including phenoxy) is 2. The van der Waals surface area contributed by atoms with Crippen molar-refractivity contribution in [1.29, 1.82) is 0 Å². The number of hydrogen-bond donors (Lipinski definition) is 1. The van der Waals surface area contributed by atoms with Gasteiger partial charge in [-0.3, -0.25) is 4.72 Å². The quantitative estimate of drug-likeness (QED) is 0.315. The minimum Gasteiger partial charge on any atom is -0.464 e. The number of nitrogens with one attached hydrogen (secondary N) is 1. The topological polar surface area (TPSA) is 153 Å². The molecule has 1 aromatic carbocycles. The first-order chi connectivity index (χ1) is 17.6. The molecular weight excluding hydrogens is 534 g/mol. The van der Waals surface area contributed by atoms with Gasteiger partial charge in [0.25, 0.3) is 15.2 Å². The van der Waals surface area contributed by atoms with E-state index in [-0.39, 0.29) is 34.7 Å². The van der Waals surface area contributed by atoms with Gasteiger partial charge >= 0.3 is 17.7 Å². The third-order valence-corrected chi connectivity index (χ3v) is 6.95. The van der Waals surface area contributed by atoms with Crippen LogP contribution in [0.15, 0.2) is 22.4 Å². The molecule has 0 saturated heterocycles. The summed E-state index contributed by atoms with van der Waals surface area (Å²) >= 11 is 0.792. The summed E-state index contributed by atoms with van der Waals surface area (Å²) in [5, 5.41) is 15.2. The lowest BCUT2D eigenvalue weighted by Crippen LogP contribution is -2.46. The van der Waals surface area contributed by atoms with Crippen molar-refractivity contribution in [2.75, 3.05) is 29.4 Å². The van der Waals surface area contributed by atoms with Crippen LogP contribution in [0.5, 0.6) is 0 Å². The summed E-state index contributed by atoms with van der Waals surface area (Å²) in [6.07, 6.45) is 1.52. The van der Waals surface area contributed by atoms with Gasteiger partial charge in [-0.2, -0.15) is 8.78 Å². The van der Waals surface area contributed by atoms with Gasteiger partial charge in [0.1, 0.15) is 11.7 Å². The van der Waals surface area contributed by atoms with Gasteiger partial charge in [-0.15, -0.1) is 20.4 Å². The highest BCUT2D eigenvalue weighted by Gasteiger charge is 2.34. The summed E-state index contributed by atoms with van der Waals surface area (Å²) in [6, 6.07) is 2.26. The standard InChI is InChI=1S/C21H26F2N6O6S2/c1-4-9-29-15(18(30)34-5-2)8-7-12-10-13(14(11-16(12)29)28-37(32,33)20(22)23)24-26-21-27-25-17(36-21)19(31)35-6-3/h10-11,15,20,28H,4-9H2,1-3H3. The number of sulfonamides is 1. The Bertz CT molecular complexity index is 1270. The lowest BCUT2D eigenvalue weighted by molar-refractivity contribution is -0.145. The van der Waals surface area contributed by atoms with E-state index < -0.39 is 33.8 Å². The van der Waals surface area contributed by atoms with Gasteiger partial charge in [0.05, 0.1) is 18.9 Å². The molecule has 1 aliphatic rings. The lowest BCUT2D eigenvalue weighted by atomic mass is 9.94. The highest BCUT2D eigenvalue weighted by molar-refractivity contribution is 7.93. The van der Waals surface area contributed by atoms with Gasteiger partial charge < -0.3 is 14.4 Å². The Kier molecular flexibility index (Phi) is 9.42. The van der Waals surface area contributed by atoms with Crippen molar-refractivity contribution in [3.8, 4) is 0 Å².